The van der Waals surface area contributed by atoms with Gasteiger partial charge in [0, 0.05) is 6.61 Å². The lowest BCUT2D eigenvalue weighted by molar-refractivity contribution is -0.145. The monoisotopic (exact) mass is 208 g/mol. The van der Waals surface area contributed by atoms with Crippen LogP contribution < -0.4 is 0 Å². The minimum atomic E-state index is -1.23. The van der Waals surface area contributed by atoms with Crippen LogP contribution in [0.5, 0.6) is 0 Å². The van der Waals surface area contributed by atoms with Gasteiger partial charge in [-0.3, -0.25) is 0 Å². The van der Waals surface area contributed by atoms with Crippen molar-refractivity contribution in [3.63, 3.8) is 0 Å². The predicted molar refractivity (Wildman–Crippen MR) is 51.9 cm³/mol. The highest BCUT2D eigenvalue weighted by Gasteiger charge is 2.01. The maximum Gasteiger partial charge on any atom is 0.332 e. The van der Waals surface area contributed by atoms with E-state index in [1.807, 2.05) is 6.92 Å². The van der Waals surface area contributed by atoms with E-state index in [2.05, 4.69) is 0 Å². The maximum atomic E-state index is 9.45. The number of hydrogen-bond acceptors (Lipinski definition) is 4. The molecule has 0 saturated heterocycles. The van der Waals surface area contributed by atoms with Crippen molar-refractivity contribution >= 4 is 5.97 Å². The fourth-order valence-corrected chi connectivity index (χ4v) is 0.627. The Balaban J connectivity index is 0. The SMILES string of the molecule is CC(O)C(=O)O.CCCC(O)CCO. The molecule has 0 amide bonds. The smallest absolute Gasteiger partial charge is 0.332 e. The van der Waals surface area contributed by atoms with Crippen LogP contribution in [0.1, 0.15) is 33.1 Å². The molecule has 4 N–H and O–H groups in total. The molecule has 0 aromatic heterocycles. The van der Waals surface area contributed by atoms with E-state index in [0.717, 1.165) is 12.8 Å². The van der Waals surface area contributed by atoms with Crippen molar-refractivity contribution < 1.29 is 25.2 Å². The Morgan fingerprint density at radius 1 is 1.29 bits per heavy atom. The van der Waals surface area contributed by atoms with E-state index >= 15 is 0 Å². The van der Waals surface area contributed by atoms with E-state index in [-0.39, 0.29) is 12.7 Å². The zero-order valence-electron chi connectivity index (χ0n) is 8.68. The zero-order chi connectivity index (χ0) is 11.6. The fourth-order valence-electron chi connectivity index (χ4n) is 0.627. The van der Waals surface area contributed by atoms with E-state index in [0.29, 0.717) is 6.42 Å². The summed E-state index contributed by atoms with van der Waals surface area (Å²) in [5, 5.41) is 33.0. The molecule has 0 bridgehead atoms. The lowest BCUT2D eigenvalue weighted by Crippen LogP contribution is -2.13. The van der Waals surface area contributed by atoms with Crippen molar-refractivity contribution in [3.8, 4) is 0 Å². The normalized spacial score (nSPS) is 13.8. The third-order valence-electron chi connectivity index (χ3n) is 1.44. The molecule has 0 saturated carbocycles. The summed E-state index contributed by atoms with van der Waals surface area (Å²) < 4.78 is 0. The molecule has 14 heavy (non-hydrogen) atoms. The number of carboxylic acids is 1. The molecule has 2 unspecified atom stereocenters. The van der Waals surface area contributed by atoms with Crippen LogP contribution in [0.3, 0.4) is 0 Å². The molecular formula is C9H20O5. The summed E-state index contributed by atoms with van der Waals surface area (Å²) in [4.78, 5) is 9.45. The number of hydrogen-bond donors (Lipinski definition) is 4. The number of carbonyl (C=O) groups is 1. The summed E-state index contributed by atoms with van der Waals surface area (Å²) >= 11 is 0. The summed E-state index contributed by atoms with van der Waals surface area (Å²) in [6.45, 7) is 3.31. The standard InChI is InChI=1S/C6H14O2.C3H6O3/c1-2-3-6(8)4-5-7;1-2(4)3(5)6/h6-8H,2-5H2,1H3;2,4H,1H3,(H,5,6). The van der Waals surface area contributed by atoms with Gasteiger partial charge in [0.2, 0.25) is 0 Å². The molecule has 0 heterocycles. The number of rotatable bonds is 5. The van der Waals surface area contributed by atoms with Crippen LogP contribution in [-0.4, -0.2) is 45.2 Å². The molecule has 0 aliphatic rings. The van der Waals surface area contributed by atoms with Crippen LogP contribution in [0.15, 0.2) is 0 Å². The second-order valence-corrected chi connectivity index (χ2v) is 2.97. The third kappa shape index (κ3) is 13.9. The van der Waals surface area contributed by atoms with Crippen molar-refractivity contribution in [1.29, 1.82) is 0 Å². The van der Waals surface area contributed by atoms with E-state index < -0.39 is 12.1 Å². The van der Waals surface area contributed by atoms with E-state index in [9.17, 15) is 4.79 Å². The van der Waals surface area contributed by atoms with E-state index in [4.69, 9.17) is 20.4 Å². The van der Waals surface area contributed by atoms with Crippen molar-refractivity contribution in [2.75, 3.05) is 6.61 Å². The van der Waals surface area contributed by atoms with Gasteiger partial charge in [-0.25, -0.2) is 4.79 Å². The van der Waals surface area contributed by atoms with Gasteiger partial charge in [0.05, 0.1) is 6.10 Å². The van der Waals surface area contributed by atoms with Crippen LogP contribution in [0.25, 0.3) is 0 Å². The van der Waals surface area contributed by atoms with Gasteiger partial charge >= 0.3 is 5.97 Å². The number of aliphatic carboxylic acids is 1. The Bertz CT molecular complexity index is 129. The van der Waals surface area contributed by atoms with Gasteiger partial charge in [0.15, 0.2) is 0 Å². The highest BCUT2D eigenvalue weighted by molar-refractivity contribution is 5.71. The first-order chi connectivity index (χ1) is 6.45. The van der Waals surface area contributed by atoms with Gasteiger partial charge in [-0.2, -0.15) is 0 Å². The quantitative estimate of drug-likeness (QED) is 0.509. The lowest BCUT2D eigenvalue weighted by atomic mass is 10.2. The number of aliphatic hydroxyl groups excluding tert-OH is 3. The Kier molecular flexibility index (Phi) is 11.8. The molecule has 0 aliphatic carbocycles. The minimum absolute atomic E-state index is 0.0984. The first-order valence-corrected chi connectivity index (χ1v) is 4.65. The molecule has 0 spiro atoms. The molecule has 0 radical (unpaired) electrons. The van der Waals surface area contributed by atoms with Gasteiger partial charge in [-0.05, 0) is 19.8 Å². The molecule has 86 valence electrons. The van der Waals surface area contributed by atoms with Crippen LogP contribution in [0.2, 0.25) is 0 Å². The van der Waals surface area contributed by atoms with Crippen LogP contribution in [0.4, 0.5) is 0 Å². The van der Waals surface area contributed by atoms with Gasteiger partial charge in [-0.1, -0.05) is 13.3 Å². The molecule has 0 fully saturated rings. The fraction of sp³-hybridized carbons (Fsp3) is 0.889. The van der Waals surface area contributed by atoms with Gasteiger partial charge in [0.25, 0.3) is 0 Å². The first kappa shape index (κ1) is 15.8. The van der Waals surface area contributed by atoms with Crippen molar-refractivity contribution in [1.82, 2.24) is 0 Å². The summed E-state index contributed by atoms with van der Waals surface area (Å²) in [5.41, 5.74) is 0. The number of aliphatic hydroxyl groups is 3. The topological polar surface area (TPSA) is 98.0 Å². The predicted octanol–water partition coefficient (Wildman–Crippen LogP) is -0.0184. The number of carboxylic acid groups (broad SMARTS) is 1. The Hall–Kier alpha value is -0.650. The Morgan fingerprint density at radius 2 is 1.71 bits per heavy atom. The second-order valence-electron chi connectivity index (χ2n) is 2.97. The highest BCUT2D eigenvalue weighted by atomic mass is 16.4. The van der Waals surface area contributed by atoms with Crippen molar-refractivity contribution in [3.05, 3.63) is 0 Å². The lowest BCUT2D eigenvalue weighted by Gasteiger charge is -2.04. The van der Waals surface area contributed by atoms with Crippen LogP contribution in [-0.2, 0) is 4.79 Å². The molecule has 2 atom stereocenters. The first-order valence-electron chi connectivity index (χ1n) is 4.65. The Morgan fingerprint density at radius 3 is 1.93 bits per heavy atom. The zero-order valence-corrected chi connectivity index (χ0v) is 8.68. The second kappa shape index (κ2) is 10.4. The summed E-state index contributed by atoms with van der Waals surface area (Å²) in [5.74, 6) is -1.19. The van der Waals surface area contributed by atoms with Gasteiger partial charge in [-0.15, -0.1) is 0 Å². The van der Waals surface area contributed by atoms with E-state index in [1.54, 1.807) is 0 Å². The van der Waals surface area contributed by atoms with Gasteiger partial charge < -0.3 is 20.4 Å². The maximum absolute atomic E-state index is 9.45. The minimum Gasteiger partial charge on any atom is -0.479 e. The highest BCUT2D eigenvalue weighted by Crippen LogP contribution is 1.98. The molecular weight excluding hydrogens is 188 g/mol. The van der Waals surface area contributed by atoms with Crippen LogP contribution >= 0.6 is 0 Å². The molecule has 0 aliphatic heterocycles. The third-order valence-corrected chi connectivity index (χ3v) is 1.44. The average molecular weight is 208 g/mol. The summed E-state index contributed by atoms with van der Waals surface area (Å²) in [6.07, 6.45) is 0.797. The van der Waals surface area contributed by atoms with Gasteiger partial charge in [0.1, 0.15) is 6.10 Å². The largest absolute Gasteiger partial charge is 0.479 e. The molecule has 5 heteroatoms. The average Bonchev–Trinajstić information content (AvgIpc) is 2.06. The summed E-state index contributed by atoms with van der Waals surface area (Å²) in [6, 6.07) is 0. The molecule has 5 nitrogen and oxygen atoms in total. The van der Waals surface area contributed by atoms with E-state index in [1.165, 1.54) is 6.92 Å². The molecule has 0 aromatic carbocycles. The van der Waals surface area contributed by atoms with Crippen LogP contribution in [0, 0.1) is 0 Å². The Labute approximate surface area is 84.0 Å². The summed E-state index contributed by atoms with van der Waals surface area (Å²) in [7, 11) is 0. The van der Waals surface area contributed by atoms with Crippen molar-refractivity contribution in [2.24, 2.45) is 0 Å². The molecule has 0 rings (SSSR count). The molecule has 0 aromatic rings. The van der Waals surface area contributed by atoms with Crippen molar-refractivity contribution in [2.45, 2.75) is 45.3 Å².